The van der Waals surface area contributed by atoms with Crippen LogP contribution >= 0.6 is 12.6 Å². The normalized spacial score (nSPS) is 12.3. The molecule has 1 atom stereocenters. The van der Waals surface area contributed by atoms with Gasteiger partial charge in [0.05, 0.1) is 0 Å². The number of nitrogens with zero attached hydrogens (tertiary/aromatic N) is 1. The van der Waals surface area contributed by atoms with Crippen molar-refractivity contribution in [1.82, 2.24) is 4.98 Å². The molecule has 0 aliphatic carbocycles. The van der Waals surface area contributed by atoms with Crippen LogP contribution in [0.15, 0.2) is 65.1 Å². The number of oxazole rings is 1. The predicted octanol–water partition coefficient (Wildman–Crippen LogP) is 5.51. The zero-order valence-corrected chi connectivity index (χ0v) is 14.2. The molecule has 1 aromatic heterocycles. The first-order valence-electron chi connectivity index (χ1n) is 7.99. The number of hydrogen-bond acceptors (Lipinski definition) is 3. The second-order valence-corrected chi connectivity index (χ2v) is 6.21. The molecular weight excluding hydrogens is 302 g/mol. The van der Waals surface area contributed by atoms with Gasteiger partial charge in [0.25, 0.3) is 0 Å². The summed E-state index contributed by atoms with van der Waals surface area (Å²) in [6.45, 7) is 2.20. The maximum absolute atomic E-state index is 6.11. The summed E-state index contributed by atoms with van der Waals surface area (Å²) >= 11 is 4.35. The van der Waals surface area contributed by atoms with Crippen molar-refractivity contribution in [2.75, 3.05) is 5.75 Å². The Hall–Kier alpha value is -2.00. The minimum atomic E-state index is 0.561. The van der Waals surface area contributed by atoms with Crippen molar-refractivity contribution in [3.8, 4) is 22.6 Å². The van der Waals surface area contributed by atoms with Crippen molar-refractivity contribution in [1.29, 1.82) is 0 Å². The zero-order chi connectivity index (χ0) is 16.1. The molecule has 3 aromatic rings. The van der Waals surface area contributed by atoms with Crippen LogP contribution in [-0.4, -0.2) is 10.7 Å². The number of hydrogen-bond donors (Lipinski definition) is 1. The highest BCUT2D eigenvalue weighted by molar-refractivity contribution is 7.80. The van der Waals surface area contributed by atoms with E-state index in [0.717, 1.165) is 47.1 Å². The molecule has 0 N–H and O–H groups in total. The summed E-state index contributed by atoms with van der Waals surface area (Å²) < 4.78 is 6.11. The maximum atomic E-state index is 6.11. The van der Waals surface area contributed by atoms with Crippen LogP contribution in [0.1, 0.15) is 19.2 Å². The van der Waals surface area contributed by atoms with Crippen molar-refractivity contribution in [3.63, 3.8) is 0 Å². The van der Waals surface area contributed by atoms with Crippen molar-refractivity contribution in [2.45, 2.75) is 19.8 Å². The number of thiol groups is 1. The van der Waals surface area contributed by atoms with E-state index in [0.29, 0.717) is 5.92 Å². The molecule has 0 aliphatic rings. The van der Waals surface area contributed by atoms with E-state index >= 15 is 0 Å². The van der Waals surface area contributed by atoms with Gasteiger partial charge in [0, 0.05) is 17.5 Å². The van der Waals surface area contributed by atoms with E-state index in [1.165, 1.54) is 0 Å². The van der Waals surface area contributed by atoms with Gasteiger partial charge in [-0.3, -0.25) is 0 Å². The molecule has 0 amide bonds. The molecule has 1 unspecified atom stereocenters. The summed E-state index contributed by atoms with van der Waals surface area (Å²) in [7, 11) is 0. The van der Waals surface area contributed by atoms with E-state index in [1.54, 1.807) is 0 Å². The molecule has 3 rings (SSSR count). The fourth-order valence-electron chi connectivity index (χ4n) is 2.51. The topological polar surface area (TPSA) is 26.0 Å². The number of rotatable bonds is 6. The Labute approximate surface area is 143 Å². The van der Waals surface area contributed by atoms with Gasteiger partial charge in [-0.2, -0.15) is 12.6 Å². The van der Waals surface area contributed by atoms with E-state index in [9.17, 15) is 0 Å². The van der Waals surface area contributed by atoms with Crippen molar-refractivity contribution in [3.05, 3.63) is 66.6 Å². The van der Waals surface area contributed by atoms with E-state index < -0.39 is 0 Å². The molecule has 118 valence electrons. The quantitative estimate of drug-likeness (QED) is 0.606. The highest BCUT2D eigenvalue weighted by atomic mass is 32.1. The van der Waals surface area contributed by atoms with Crippen LogP contribution in [0, 0.1) is 5.92 Å². The lowest BCUT2D eigenvalue weighted by molar-refractivity contribution is 0.472. The van der Waals surface area contributed by atoms with E-state index in [2.05, 4.69) is 43.8 Å². The monoisotopic (exact) mass is 323 g/mol. The van der Waals surface area contributed by atoms with Crippen LogP contribution in [0.2, 0.25) is 0 Å². The van der Waals surface area contributed by atoms with Gasteiger partial charge in [0.15, 0.2) is 11.7 Å². The SMILES string of the molecule is CC(CS)CCc1nc(-c2ccccc2)c(-c2ccccc2)o1. The summed E-state index contributed by atoms with van der Waals surface area (Å²) in [6.07, 6.45) is 1.88. The van der Waals surface area contributed by atoms with Crippen LogP contribution < -0.4 is 0 Å². The lowest BCUT2D eigenvalue weighted by Gasteiger charge is -2.04. The predicted molar refractivity (Wildman–Crippen MR) is 98.7 cm³/mol. The molecule has 2 nitrogen and oxygen atoms in total. The van der Waals surface area contributed by atoms with Gasteiger partial charge in [-0.1, -0.05) is 67.6 Å². The molecule has 0 saturated carbocycles. The van der Waals surface area contributed by atoms with Crippen LogP contribution in [0.25, 0.3) is 22.6 Å². The molecule has 2 aromatic carbocycles. The molecule has 3 heteroatoms. The third-order valence-electron chi connectivity index (χ3n) is 3.92. The lowest BCUT2D eigenvalue weighted by Crippen LogP contribution is -1.98. The summed E-state index contributed by atoms with van der Waals surface area (Å²) in [4.78, 5) is 4.77. The first-order chi connectivity index (χ1) is 11.3. The maximum Gasteiger partial charge on any atom is 0.195 e. The molecular formula is C20H21NOS. The fraction of sp³-hybridized carbons (Fsp3) is 0.250. The lowest BCUT2D eigenvalue weighted by atomic mass is 10.1. The second-order valence-electron chi connectivity index (χ2n) is 5.84. The van der Waals surface area contributed by atoms with Crippen LogP contribution in [-0.2, 0) is 6.42 Å². The Balaban J connectivity index is 1.97. The first-order valence-corrected chi connectivity index (χ1v) is 8.62. The van der Waals surface area contributed by atoms with Crippen LogP contribution in [0.4, 0.5) is 0 Å². The average Bonchev–Trinajstić information content (AvgIpc) is 3.05. The summed E-state index contributed by atoms with van der Waals surface area (Å²) in [5.41, 5.74) is 3.07. The molecule has 0 aliphatic heterocycles. The van der Waals surface area contributed by atoms with Crippen LogP contribution in [0.3, 0.4) is 0 Å². The van der Waals surface area contributed by atoms with E-state index in [4.69, 9.17) is 9.40 Å². The minimum Gasteiger partial charge on any atom is -0.440 e. The van der Waals surface area contributed by atoms with E-state index in [-0.39, 0.29) is 0 Å². The molecule has 0 fully saturated rings. The summed E-state index contributed by atoms with van der Waals surface area (Å²) in [6, 6.07) is 20.4. The molecule has 0 radical (unpaired) electrons. The largest absolute Gasteiger partial charge is 0.440 e. The Morgan fingerprint density at radius 3 is 2.17 bits per heavy atom. The summed E-state index contributed by atoms with van der Waals surface area (Å²) in [5.74, 6) is 3.10. The third kappa shape index (κ3) is 3.85. The smallest absolute Gasteiger partial charge is 0.195 e. The standard InChI is InChI=1S/C20H21NOS/c1-15(14-23)12-13-18-21-19(16-8-4-2-5-9-16)20(22-18)17-10-6-3-7-11-17/h2-11,15,23H,12-14H2,1H3. The van der Waals surface area contributed by atoms with Gasteiger partial charge < -0.3 is 4.42 Å². The van der Waals surface area contributed by atoms with E-state index in [1.807, 2.05) is 36.4 Å². The van der Waals surface area contributed by atoms with Crippen molar-refractivity contribution < 1.29 is 4.42 Å². The second kappa shape index (κ2) is 7.51. The average molecular weight is 323 g/mol. The molecule has 0 spiro atoms. The van der Waals surface area contributed by atoms with Gasteiger partial charge in [-0.15, -0.1) is 0 Å². The van der Waals surface area contributed by atoms with Gasteiger partial charge in [0.2, 0.25) is 0 Å². The molecule has 0 saturated heterocycles. The molecule has 0 bridgehead atoms. The molecule has 1 heterocycles. The first kappa shape index (κ1) is 15.9. The van der Waals surface area contributed by atoms with Gasteiger partial charge in [-0.05, 0) is 18.1 Å². The number of benzene rings is 2. The summed E-state index contributed by atoms with van der Waals surface area (Å²) in [5, 5.41) is 0. The molecule has 23 heavy (non-hydrogen) atoms. The zero-order valence-electron chi connectivity index (χ0n) is 13.3. The number of aryl methyl sites for hydroxylation is 1. The van der Waals surface area contributed by atoms with Gasteiger partial charge in [-0.25, -0.2) is 4.98 Å². The van der Waals surface area contributed by atoms with Gasteiger partial charge >= 0.3 is 0 Å². The van der Waals surface area contributed by atoms with Crippen LogP contribution in [0.5, 0.6) is 0 Å². The highest BCUT2D eigenvalue weighted by Gasteiger charge is 2.16. The van der Waals surface area contributed by atoms with Crippen molar-refractivity contribution in [2.24, 2.45) is 5.92 Å². The Bertz CT molecular complexity index is 680. The Morgan fingerprint density at radius 2 is 1.57 bits per heavy atom. The number of aromatic nitrogens is 1. The minimum absolute atomic E-state index is 0.561. The third-order valence-corrected chi connectivity index (χ3v) is 4.54. The Morgan fingerprint density at radius 1 is 0.957 bits per heavy atom. The highest BCUT2D eigenvalue weighted by Crippen LogP contribution is 2.33. The van der Waals surface area contributed by atoms with Crippen molar-refractivity contribution >= 4 is 12.6 Å². The Kier molecular flexibility index (Phi) is 5.19. The van der Waals surface area contributed by atoms with Gasteiger partial charge in [0.1, 0.15) is 5.69 Å². The fourth-order valence-corrected chi connectivity index (χ4v) is 2.69.